The van der Waals surface area contributed by atoms with Gasteiger partial charge in [0.05, 0.1) is 12.8 Å². The van der Waals surface area contributed by atoms with Crippen LogP contribution in [0.1, 0.15) is 40.7 Å². The summed E-state index contributed by atoms with van der Waals surface area (Å²) in [4.78, 5) is 15.3. The van der Waals surface area contributed by atoms with Crippen LogP contribution in [0.3, 0.4) is 0 Å². The van der Waals surface area contributed by atoms with Crippen molar-refractivity contribution in [3.8, 4) is 0 Å². The predicted molar refractivity (Wildman–Crippen MR) is 50.0 cm³/mol. The van der Waals surface area contributed by atoms with Gasteiger partial charge in [0, 0.05) is 11.3 Å². The molecule has 0 unspecified atom stereocenters. The van der Waals surface area contributed by atoms with Gasteiger partial charge < -0.3 is 4.74 Å². The Balaban J connectivity index is 2.12. The SMILES string of the molecule is COC(=O)c1nc(C2CCC2)cs1. The molecule has 1 aromatic rings. The van der Waals surface area contributed by atoms with E-state index in [4.69, 9.17) is 0 Å². The topological polar surface area (TPSA) is 39.2 Å². The lowest BCUT2D eigenvalue weighted by Crippen LogP contribution is -2.09. The van der Waals surface area contributed by atoms with Gasteiger partial charge in [-0.15, -0.1) is 11.3 Å². The van der Waals surface area contributed by atoms with Crippen LogP contribution < -0.4 is 0 Å². The number of aromatic nitrogens is 1. The molecule has 1 aromatic heterocycles. The molecule has 70 valence electrons. The fourth-order valence-electron chi connectivity index (χ4n) is 1.36. The molecular formula is C9H11NO2S. The van der Waals surface area contributed by atoms with E-state index in [1.165, 1.54) is 37.7 Å². The van der Waals surface area contributed by atoms with E-state index in [-0.39, 0.29) is 5.97 Å². The first-order valence-corrected chi connectivity index (χ1v) is 5.23. The number of hydrogen-bond donors (Lipinski definition) is 0. The summed E-state index contributed by atoms with van der Waals surface area (Å²) >= 11 is 1.37. The lowest BCUT2D eigenvalue weighted by molar-refractivity contribution is 0.0600. The smallest absolute Gasteiger partial charge is 0.367 e. The second-order valence-electron chi connectivity index (χ2n) is 3.20. The minimum absolute atomic E-state index is 0.324. The van der Waals surface area contributed by atoms with Crippen molar-refractivity contribution >= 4 is 17.3 Å². The Labute approximate surface area is 80.8 Å². The molecule has 0 spiro atoms. The van der Waals surface area contributed by atoms with Crippen LogP contribution in [0.2, 0.25) is 0 Å². The molecule has 13 heavy (non-hydrogen) atoms. The number of methoxy groups -OCH3 is 1. The van der Waals surface area contributed by atoms with Crippen molar-refractivity contribution in [2.45, 2.75) is 25.2 Å². The molecule has 1 aliphatic rings. The summed E-state index contributed by atoms with van der Waals surface area (Å²) in [6.45, 7) is 0. The molecule has 0 saturated heterocycles. The molecule has 1 fully saturated rings. The fraction of sp³-hybridized carbons (Fsp3) is 0.556. The van der Waals surface area contributed by atoms with Crippen molar-refractivity contribution in [2.75, 3.05) is 7.11 Å². The molecule has 1 heterocycles. The molecule has 0 bridgehead atoms. The van der Waals surface area contributed by atoms with Crippen molar-refractivity contribution in [1.82, 2.24) is 4.98 Å². The first kappa shape index (κ1) is 8.69. The zero-order valence-electron chi connectivity index (χ0n) is 7.45. The van der Waals surface area contributed by atoms with E-state index in [2.05, 4.69) is 9.72 Å². The summed E-state index contributed by atoms with van der Waals surface area (Å²) in [7, 11) is 1.38. The van der Waals surface area contributed by atoms with Crippen molar-refractivity contribution in [2.24, 2.45) is 0 Å². The molecule has 0 amide bonds. The van der Waals surface area contributed by atoms with E-state index in [0.717, 1.165) is 5.69 Å². The lowest BCUT2D eigenvalue weighted by Gasteiger charge is -2.22. The number of thiazole rings is 1. The predicted octanol–water partition coefficient (Wildman–Crippen LogP) is 2.20. The van der Waals surface area contributed by atoms with Gasteiger partial charge in [0.15, 0.2) is 0 Å². The largest absolute Gasteiger partial charge is 0.464 e. The number of ether oxygens (including phenoxy) is 1. The lowest BCUT2D eigenvalue weighted by atomic mass is 9.83. The summed E-state index contributed by atoms with van der Waals surface area (Å²) in [5.41, 5.74) is 1.07. The van der Waals surface area contributed by atoms with E-state index in [9.17, 15) is 4.79 Å². The third kappa shape index (κ3) is 1.58. The molecule has 0 atom stereocenters. The number of nitrogens with zero attached hydrogens (tertiary/aromatic N) is 1. The maximum absolute atomic E-state index is 11.1. The van der Waals surface area contributed by atoms with E-state index in [1.54, 1.807) is 0 Å². The van der Waals surface area contributed by atoms with Crippen LogP contribution in [0.4, 0.5) is 0 Å². The first-order valence-electron chi connectivity index (χ1n) is 4.35. The maximum atomic E-state index is 11.1. The van der Waals surface area contributed by atoms with Crippen LogP contribution in [0.5, 0.6) is 0 Å². The second kappa shape index (κ2) is 3.46. The van der Waals surface area contributed by atoms with Crippen LogP contribution in [-0.2, 0) is 4.74 Å². The standard InChI is InChI=1S/C9H11NO2S/c1-12-9(11)8-10-7(5-13-8)6-3-2-4-6/h5-6H,2-4H2,1H3. The highest BCUT2D eigenvalue weighted by molar-refractivity contribution is 7.11. The van der Waals surface area contributed by atoms with E-state index < -0.39 is 0 Å². The summed E-state index contributed by atoms with van der Waals surface area (Å²) in [6, 6.07) is 0. The molecule has 1 aliphatic carbocycles. The zero-order chi connectivity index (χ0) is 9.26. The first-order chi connectivity index (χ1) is 6.31. The molecule has 3 nitrogen and oxygen atoms in total. The van der Waals surface area contributed by atoms with Crippen LogP contribution in [-0.4, -0.2) is 18.1 Å². The highest BCUT2D eigenvalue weighted by Crippen LogP contribution is 2.36. The summed E-state index contributed by atoms with van der Waals surface area (Å²) in [5, 5.41) is 2.44. The number of carbonyl (C=O) groups is 1. The Bertz CT molecular complexity index is 317. The Kier molecular flexibility index (Phi) is 2.31. The van der Waals surface area contributed by atoms with Gasteiger partial charge in [-0.25, -0.2) is 9.78 Å². The molecule has 0 radical (unpaired) electrons. The Hall–Kier alpha value is -0.900. The van der Waals surface area contributed by atoms with Crippen LogP contribution >= 0.6 is 11.3 Å². The van der Waals surface area contributed by atoms with Crippen LogP contribution in [0, 0.1) is 0 Å². The van der Waals surface area contributed by atoms with Crippen LogP contribution in [0.15, 0.2) is 5.38 Å². The third-order valence-electron chi connectivity index (χ3n) is 2.41. The third-order valence-corrected chi connectivity index (χ3v) is 3.25. The Morgan fingerprint density at radius 2 is 2.46 bits per heavy atom. The minimum atomic E-state index is -0.324. The number of hydrogen-bond acceptors (Lipinski definition) is 4. The molecule has 0 aliphatic heterocycles. The minimum Gasteiger partial charge on any atom is -0.464 e. The molecular weight excluding hydrogens is 186 g/mol. The van der Waals surface area contributed by atoms with E-state index >= 15 is 0 Å². The summed E-state index contributed by atoms with van der Waals surface area (Å²) in [5.74, 6) is 0.269. The highest BCUT2D eigenvalue weighted by atomic mass is 32.1. The Morgan fingerprint density at radius 3 is 3.00 bits per heavy atom. The van der Waals surface area contributed by atoms with Crippen LogP contribution in [0.25, 0.3) is 0 Å². The van der Waals surface area contributed by atoms with Gasteiger partial charge in [-0.1, -0.05) is 6.42 Å². The van der Waals surface area contributed by atoms with Gasteiger partial charge in [0.1, 0.15) is 0 Å². The average molecular weight is 197 g/mol. The van der Waals surface area contributed by atoms with Crippen molar-refractivity contribution in [3.05, 3.63) is 16.1 Å². The molecule has 1 saturated carbocycles. The van der Waals surface area contributed by atoms with Crippen molar-refractivity contribution in [1.29, 1.82) is 0 Å². The summed E-state index contributed by atoms with van der Waals surface area (Å²) < 4.78 is 4.59. The monoisotopic (exact) mass is 197 g/mol. The quantitative estimate of drug-likeness (QED) is 0.682. The zero-order valence-corrected chi connectivity index (χ0v) is 8.26. The highest BCUT2D eigenvalue weighted by Gasteiger charge is 2.23. The van der Waals surface area contributed by atoms with E-state index in [0.29, 0.717) is 10.9 Å². The van der Waals surface area contributed by atoms with Gasteiger partial charge in [-0.3, -0.25) is 0 Å². The number of esters is 1. The van der Waals surface area contributed by atoms with Crippen molar-refractivity contribution < 1.29 is 9.53 Å². The maximum Gasteiger partial charge on any atom is 0.367 e. The van der Waals surface area contributed by atoms with Gasteiger partial charge >= 0.3 is 5.97 Å². The molecule has 0 aromatic carbocycles. The van der Waals surface area contributed by atoms with Gasteiger partial charge in [-0.2, -0.15) is 0 Å². The van der Waals surface area contributed by atoms with Gasteiger partial charge in [0.2, 0.25) is 5.01 Å². The second-order valence-corrected chi connectivity index (χ2v) is 4.06. The van der Waals surface area contributed by atoms with Gasteiger partial charge in [0.25, 0.3) is 0 Å². The number of carbonyl (C=O) groups excluding carboxylic acids is 1. The summed E-state index contributed by atoms with van der Waals surface area (Å²) in [6.07, 6.45) is 3.71. The fourth-order valence-corrected chi connectivity index (χ4v) is 2.17. The van der Waals surface area contributed by atoms with E-state index in [1.807, 2.05) is 5.38 Å². The average Bonchev–Trinajstić information content (AvgIpc) is 2.49. The molecule has 4 heteroatoms. The van der Waals surface area contributed by atoms with Gasteiger partial charge in [-0.05, 0) is 12.8 Å². The number of rotatable bonds is 2. The molecule has 2 rings (SSSR count). The van der Waals surface area contributed by atoms with Crippen molar-refractivity contribution in [3.63, 3.8) is 0 Å². The Morgan fingerprint density at radius 1 is 1.69 bits per heavy atom. The molecule has 0 N–H and O–H groups in total. The normalized spacial score (nSPS) is 16.7.